The molecular weight excluding hydrogens is 116 g/mol. The maximum absolute atomic E-state index is 10.7. The highest BCUT2D eigenvalue weighted by molar-refractivity contribution is 5.76. The SMILES string of the molecule is C[C@H]1CC(=O)NCCN1. The van der Waals surface area contributed by atoms with Gasteiger partial charge in [-0.05, 0) is 6.92 Å². The van der Waals surface area contributed by atoms with E-state index in [1.807, 2.05) is 6.92 Å². The molecule has 1 atom stereocenters. The van der Waals surface area contributed by atoms with E-state index in [-0.39, 0.29) is 5.91 Å². The molecule has 0 saturated carbocycles. The van der Waals surface area contributed by atoms with Crippen molar-refractivity contribution in [2.75, 3.05) is 13.1 Å². The third-order valence-corrected chi connectivity index (χ3v) is 1.43. The molecule has 1 heterocycles. The molecule has 2 N–H and O–H groups in total. The summed E-state index contributed by atoms with van der Waals surface area (Å²) in [6, 6.07) is 0.340. The fourth-order valence-electron chi connectivity index (χ4n) is 0.943. The quantitative estimate of drug-likeness (QED) is 0.461. The number of hydrogen-bond acceptors (Lipinski definition) is 2. The fourth-order valence-corrected chi connectivity index (χ4v) is 0.943. The zero-order chi connectivity index (χ0) is 6.69. The lowest BCUT2D eigenvalue weighted by Gasteiger charge is -2.04. The zero-order valence-corrected chi connectivity index (χ0v) is 5.61. The molecule has 1 fully saturated rings. The predicted octanol–water partition coefficient (Wildman–Crippen LogP) is -0.516. The molecule has 9 heavy (non-hydrogen) atoms. The Morgan fingerprint density at radius 2 is 2.33 bits per heavy atom. The monoisotopic (exact) mass is 128 g/mol. The normalized spacial score (nSPS) is 29.0. The Bertz CT molecular complexity index is 114. The minimum absolute atomic E-state index is 0.160. The lowest BCUT2D eigenvalue weighted by Crippen LogP contribution is -2.26. The summed E-state index contributed by atoms with van der Waals surface area (Å²) in [6.45, 7) is 3.68. The maximum Gasteiger partial charge on any atom is 0.221 e. The first-order valence-electron chi connectivity index (χ1n) is 3.29. The lowest BCUT2D eigenvalue weighted by molar-refractivity contribution is -0.120. The summed E-state index contributed by atoms with van der Waals surface area (Å²) in [6.07, 6.45) is 0.611. The summed E-state index contributed by atoms with van der Waals surface area (Å²) in [5.74, 6) is 0.160. The highest BCUT2D eigenvalue weighted by Crippen LogP contribution is 1.91. The second-order valence-electron chi connectivity index (χ2n) is 2.41. The summed E-state index contributed by atoms with van der Waals surface area (Å²) >= 11 is 0. The highest BCUT2D eigenvalue weighted by Gasteiger charge is 2.10. The van der Waals surface area contributed by atoms with Gasteiger partial charge in [0, 0.05) is 25.6 Å². The van der Waals surface area contributed by atoms with Gasteiger partial charge in [-0.1, -0.05) is 0 Å². The van der Waals surface area contributed by atoms with Gasteiger partial charge in [-0.15, -0.1) is 0 Å². The van der Waals surface area contributed by atoms with E-state index >= 15 is 0 Å². The number of amides is 1. The second-order valence-corrected chi connectivity index (χ2v) is 2.41. The van der Waals surface area contributed by atoms with Crippen LogP contribution in [0.4, 0.5) is 0 Å². The highest BCUT2D eigenvalue weighted by atomic mass is 16.1. The summed E-state index contributed by atoms with van der Waals surface area (Å²) in [7, 11) is 0. The molecule has 1 aliphatic heterocycles. The van der Waals surface area contributed by atoms with Crippen LogP contribution in [0, 0.1) is 0 Å². The van der Waals surface area contributed by atoms with Crippen LogP contribution in [0.3, 0.4) is 0 Å². The van der Waals surface area contributed by atoms with Crippen molar-refractivity contribution in [2.24, 2.45) is 0 Å². The van der Waals surface area contributed by atoms with E-state index < -0.39 is 0 Å². The average Bonchev–Trinajstić information content (AvgIpc) is 1.93. The van der Waals surface area contributed by atoms with Crippen LogP contribution in [-0.4, -0.2) is 25.0 Å². The molecule has 0 bridgehead atoms. The third-order valence-electron chi connectivity index (χ3n) is 1.43. The van der Waals surface area contributed by atoms with Crippen LogP contribution in [0.25, 0.3) is 0 Å². The first-order chi connectivity index (χ1) is 4.29. The molecule has 0 aromatic carbocycles. The van der Waals surface area contributed by atoms with Crippen LogP contribution in [0.2, 0.25) is 0 Å². The van der Waals surface area contributed by atoms with Gasteiger partial charge in [-0.2, -0.15) is 0 Å². The molecule has 1 rings (SSSR count). The fraction of sp³-hybridized carbons (Fsp3) is 0.833. The van der Waals surface area contributed by atoms with Crippen molar-refractivity contribution in [1.29, 1.82) is 0 Å². The number of nitrogens with one attached hydrogen (secondary N) is 2. The summed E-state index contributed by atoms with van der Waals surface area (Å²) in [4.78, 5) is 10.7. The van der Waals surface area contributed by atoms with Crippen LogP contribution >= 0.6 is 0 Å². The van der Waals surface area contributed by atoms with Gasteiger partial charge in [-0.3, -0.25) is 4.79 Å². The number of carbonyl (C=O) groups excluding carboxylic acids is 1. The molecule has 1 amide bonds. The van der Waals surface area contributed by atoms with Gasteiger partial charge < -0.3 is 10.6 Å². The van der Waals surface area contributed by atoms with E-state index in [4.69, 9.17) is 0 Å². The van der Waals surface area contributed by atoms with Crippen molar-refractivity contribution in [2.45, 2.75) is 19.4 Å². The van der Waals surface area contributed by atoms with Crippen molar-refractivity contribution in [3.8, 4) is 0 Å². The van der Waals surface area contributed by atoms with E-state index in [0.29, 0.717) is 12.5 Å². The molecule has 0 aromatic heterocycles. The van der Waals surface area contributed by atoms with Crippen LogP contribution in [0.1, 0.15) is 13.3 Å². The van der Waals surface area contributed by atoms with Crippen LogP contribution in [0.15, 0.2) is 0 Å². The van der Waals surface area contributed by atoms with Crippen molar-refractivity contribution >= 4 is 5.91 Å². The van der Waals surface area contributed by atoms with E-state index in [1.165, 1.54) is 0 Å². The van der Waals surface area contributed by atoms with Gasteiger partial charge >= 0.3 is 0 Å². The van der Waals surface area contributed by atoms with Crippen molar-refractivity contribution in [3.05, 3.63) is 0 Å². The van der Waals surface area contributed by atoms with Crippen LogP contribution in [-0.2, 0) is 4.79 Å². The van der Waals surface area contributed by atoms with E-state index in [9.17, 15) is 4.79 Å². The Morgan fingerprint density at radius 1 is 1.56 bits per heavy atom. The Kier molecular flexibility index (Phi) is 2.05. The topological polar surface area (TPSA) is 41.1 Å². The maximum atomic E-state index is 10.7. The number of rotatable bonds is 0. The second kappa shape index (κ2) is 2.82. The molecule has 52 valence electrons. The molecule has 3 nitrogen and oxygen atoms in total. The molecule has 0 aliphatic carbocycles. The number of carbonyl (C=O) groups is 1. The van der Waals surface area contributed by atoms with Gasteiger partial charge in [-0.25, -0.2) is 0 Å². The molecule has 0 spiro atoms. The first-order valence-corrected chi connectivity index (χ1v) is 3.29. The average molecular weight is 128 g/mol. The standard InChI is InChI=1S/C6H12N2O/c1-5-4-6(9)8-3-2-7-5/h5,7H,2-4H2,1H3,(H,8,9)/t5-/m0/s1. The summed E-state index contributed by atoms with van der Waals surface area (Å²) in [5.41, 5.74) is 0. The minimum Gasteiger partial charge on any atom is -0.355 e. The van der Waals surface area contributed by atoms with Gasteiger partial charge in [0.1, 0.15) is 0 Å². The third kappa shape index (κ3) is 2.01. The smallest absolute Gasteiger partial charge is 0.221 e. The van der Waals surface area contributed by atoms with E-state index in [0.717, 1.165) is 13.1 Å². The Morgan fingerprint density at radius 3 is 3.11 bits per heavy atom. The van der Waals surface area contributed by atoms with Gasteiger partial charge in [0.2, 0.25) is 5.91 Å². The number of hydrogen-bond donors (Lipinski definition) is 2. The predicted molar refractivity (Wildman–Crippen MR) is 35.1 cm³/mol. The largest absolute Gasteiger partial charge is 0.355 e. The van der Waals surface area contributed by atoms with Gasteiger partial charge in [0.05, 0.1) is 0 Å². The molecule has 0 aromatic rings. The van der Waals surface area contributed by atoms with Gasteiger partial charge in [0.15, 0.2) is 0 Å². The Labute approximate surface area is 54.8 Å². The molecule has 1 saturated heterocycles. The summed E-state index contributed by atoms with van der Waals surface area (Å²) in [5, 5.41) is 5.96. The molecule has 0 unspecified atom stereocenters. The molecule has 1 aliphatic rings. The van der Waals surface area contributed by atoms with Crippen molar-refractivity contribution in [1.82, 2.24) is 10.6 Å². The zero-order valence-electron chi connectivity index (χ0n) is 5.61. The van der Waals surface area contributed by atoms with Gasteiger partial charge in [0.25, 0.3) is 0 Å². The first kappa shape index (κ1) is 6.55. The molecule has 0 radical (unpaired) electrons. The Balaban J connectivity index is 2.37. The Hall–Kier alpha value is -0.570. The van der Waals surface area contributed by atoms with Crippen molar-refractivity contribution < 1.29 is 4.79 Å². The lowest BCUT2D eigenvalue weighted by atomic mass is 10.2. The van der Waals surface area contributed by atoms with Crippen LogP contribution < -0.4 is 10.6 Å². The van der Waals surface area contributed by atoms with Crippen molar-refractivity contribution in [3.63, 3.8) is 0 Å². The minimum atomic E-state index is 0.160. The van der Waals surface area contributed by atoms with E-state index in [1.54, 1.807) is 0 Å². The molecule has 3 heteroatoms. The summed E-state index contributed by atoms with van der Waals surface area (Å²) < 4.78 is 0. The van der Waals surface area contributed by atoms with E-state index in [2.05, 4.69) is 10.6 Å². The molecular formula is C6H12N2O. The van der Waals surface area contributed by atoms with Crippen LogP contribution in [0.5, 0.6) is 0 Å².